The van der Waals surface area contributed by atoms with Crippen LogP contribution in [0.3, 0.4) is 0 Å². The molecule has 1 aliphatic rings. The first-order valence-corrected chi connectivity index (χ1v) is 7.11. The minimum absolute atomic E-state index is 0.437. The molecule has 0 amide bonds. The summed E-state index contributed by atoms with van der Waals surface area (Å²) >= 11 is 5.04. The van der Waals surface area contributed by atoms with Crippen molar-refractivity contribution >= 4 is 17.2 Å². The van der Waals surface area contributed by atoms with Crippen molar-refractivity contribution in [2.24, 2.45) is 17.6 Å². The zero-order valence-corrected chi connectivity index (χ0v) is 12.7. The predicted molar refractivity (Wildman–Crippen MR) is 82.5 cm³/mol. The molecule has 2 unspecified atom stereocenters. The minimum Gasteiger partial charge on any atom is -0.496 e. The highest BCUT2D eigenvalue weighted by Crippen LogP contribution is 2.27. The molecule has 0 bridgehead atoms. The van der Waals surface area contributed by atoms with E-state index in [1.807, 2.05) is 12.1 Å². The molecule has 2 rings (SSSR count). The third-order valence-electron chi connectivity index (χ3n) is 4.02. The Hall–Kier alpha value is -1.13. The summed E-state index contributed by atoms with van der Waals surface area (Å²) in [6, 6.07) is 5.92. The minimum atomic E-state index is 0.437. The van der Waals surface area contributed by atoms with Crippen molar-refractivity contribution in [1.82, 2.24) is 4.90 Å². The van der Waals surface area contributed by atoms with Crippen LogP contribution in [0.15, 0.2) is 18.2 Å². The molecule has 0 saturated carbocycles. The number of benzene rings is 1. The Kier molecular flexibility index (Phi) is 4.42. The third kappa shape index (κ3) is 3.25. The van der Waals surface area contributed by atoms with Crippen molar-refractivity contribution in [1.29, 1.82) is 0 Å². The van der Waals surface area contributed by atoms with E-state index >= 15 is 0 Å². The number of rotatable bonds is 4. The lowest BCUT2D eigenvalue weighted by molar-refractivity contribution is 0.307. The molecule has 4 heteroatoms. The van der Waals surface area contributed by atoms with Crippen LogP contribution in [0.1, 0.15) is 25.0 Å². The number of likely N-dealkylation sites (tertiary alicyclic amines) is 1. The van der Waals surface area contributed by atoms with E-state index in [1.54, 1.807) is 7.11 Å². The predicted octanol–water partition coefficient (Wildman–Crippen LogP) is 2.42. The lowest BCUT2D eigenvalue weighted by Crippen LogP contribution is -2.21. The van der Waals surface area contributed by atoms with Crippen molar-refractivity contribution in [2.75, 3.05) is 20.2 Å². The van der Waals surface area contributed by atoms with Gasteiger partial charge in [-0.25, -0.2) is 0 Å². The summed E-state index contributed by atoms with van der Waals surface area (Å²) in [6.07, 6.45) is 0. The highest BCUT2D eigenvalue weighted by molar-refractivity contribution is 7.80. The quantitative estimate of drug-likeness (QED) is 0.859. The second-order valence-electron chi connectivity index (χ2n) is 5.54. The average Bonchev–Trinajstić information content (AvgIpc) is 2.68. The SMILES string of the molecule is COc1ccc(C(N)=S)cc1CN1CC(C)C(C)C1. The monoisotopic (exact) mass is 278 g/mol. The zero-order chi connectivity index (χ0) is 14.0. The number of hydrogen-bond donors (Lipinski definition) is 1. The summed E-state index contributed by atoms with van der Waals surface area (Å²) in [5.74, 6) is 2.42. The van der Waals surface area contributed by atoms with E-state index in [4.69, 9.17) is 22.7 Å². The highest BCUT2D eigenvalue weighted by Gasteiger charge is 2.26. The van der Waals surface area contributed by atoms with Crippen LogP contribution in [-0.4, -0.2) is 30.1 Å². The van der Waals surface area contributed by atoms with Crippen molar-refractivity contribution in [2.45, 2.75) is 20.4 Å². The molecule has 2 N–H and O–H groups in total. The van der Waals surface area contributed by atoms with E-state index in [0.717, 1.165) is 48.3 Å². The van der Waals surface area contributed by atoms with Gasteiger partial charge in [-0.15, -0.1) is 0 Å². The molecule has 0 aliphatic carbocycles. The van der Waals surface area contributed by atoms with E-state index in [1.165, 1.54) is 0 Å². The fraction of sp³-hybridized carbons (Fsp3) is 0.533. The topological polar surface area (TPSA) is 38.5 Å². The summed E-state index contributed by atoms with van der Waals surface area (Å²) in [5.41, 5.74) is 7.77. The summed E-state index contributed by atoms with van der Waals surface area (Å²) < 4.78 is 5.43. The molecule has 19 heavy (non-hydrogen) atoms. The van der Waals surface area contributed by atoms with Crippen molar-refractivity contribution in [3.8, 4) is 5.75 Å². The van der Waals surface area contributed by atoms with Crippen LogP contribution in [-0.2, 0) is 6.54 Å². The molecule has 1 aromatic rings. The Labute approximate surface area is 120 Å². The first-order chi connectivity index (χ1) is 9.01. The van der Waals surface area contributed by atoms with Gasteiger partial charge >= 0.3 is 0 Å². The molecule has 1 fully saturated rings. The van der Waals surface area contributed by atoms with Gasteiger partial charge in [-0.1, -0.05) is 26.1 Å². The van der Waals surface area contributed by atoms with Crippen LogP contribution >= 0.6 is 12.2 Å². The van der Waals surface area contributed by atoms with Crippen LogP contribution in [0, 0.1) is 11.8 Å². The molecule has 0 radical (unpaired) electrons. The maximum absolute atomic E-state index is 5.70. The Morgan fingerprint density at radius 1 is 1.37 bits per heavy atom. The van der Waals surface area contributed by atoms with Gasteiger partial charge in [0.1, 0.15) is 10.7 Å². The Balaban J connectivity index is 2.18. The summed E-state index contributed by atoms with van der Waals surface area (Å²) in [7, 11) is 1.70. The van der Waals surface area contributed by atoms with Gasteiger partial charge in [-0.2, -0.15) is 0 Å². The number of nitrogens with two attached hydrogens (primary N) is 1. The first kappa shape index (κ1) is 14.3. The van der Waals surface area contributed by atoms with Gasteiger partial charge in [0.15, 0.2) is 0 Å². The van der Waals surface area contributed by atoms with Gasteiger partial charge in [0.25, 0.3) is 0 Å². The fourth-order valence-corrected chi connectivity index (χ4v) is 2.80. The normalized spacial score (nSPS) is 23.5. The lowest BCUT2D eigenvalue weighted by atomic mass is 10.0. The number of methoxy groups -OCH3 is 1. The largest absolute Gasteiger partial charge is 0.496 e. The highest BCUT2D eigenvalue weighted by atomic mass is 32.1. The van der Waals surface area contributed by atoms with Gasteiger partial charge in [0.05, 0.1) is 7.11 Å². The van der Waals surface area contributed by atoms with Gasteiger partial charge in [-0.3, -0.25) is 4.90 Å². The maximum atomic E-state index is 5.70. The van der Waals surface area contributed by atoms with Crippen LogP contribution < -0.4 is 10.5 Å². The first-order valence-electron chi connectivity index (χ1n) is 6.70. The van der Waals surface area contributed by atoms with Gasteiger partial charge in [-0.05, 0) is 30.0 Å². The van der Waals surface area contributed by atoms with Gasteiger partial charge < -0.3 is 10.5 Å². The molecule has 104 valence electrons. The summed E-state index contributed by atoms with van der Waals surface area (Å²) in [6.45, 7) is 7.80. The standard InChI is InChI=1S/C15H22N2OS/c1-10-7-17(8-11(10)2)9-13-6-12(15(16)19)4-5-14(13)18-3/h4-6,10-11H,7-9H2,1-3H3,(H2,16,19). The summed E-state index contributed by atoms with van der Waals surface area (Å²) in [4.78, 5) is 2.91. The third-order valence-corrected chi connectivity index (χ3v) is 4.26. The van der Waals surface area contributed by atoms with E-state index in [0.29, 0.717) is 4.99 Å². The van der Waals surface area contributed by atoms with E-state index in [2.05, 4.69) is 24.8 Å². The van der Waals surface area contributed by atoms with E-state index < -0.39 is 0 Å². The van der Waals surface area contributed by atoms with Crippen LogP contribution in [0.25, 0.3) is 0 Å². The van der Waals surface area contributed by atoms with Crippen molar-refractivity contribution < 1.29 is 4.74 Å². The number of hydrogen-bond acceptors (Lipinski definition) is 3. The Bertz CT molecular complexity index is 465. The zero-order valence-electron chi connectivity index (χ0n) is 11.8. The fourth-order valence-electron chi connectivity index (χ4n) is 2.67. The molecule has 1 aromatic carbocycles. The molecule has 0 spiro atoms. The molecule has 2 atom stereocenters. The molecule has 1 heterocycles. The van der Waals surface area contributed by atoms with Crippen molar-refractivity contribution in [3.05, 3.63) is 29.3 Å². The molecular weight excluding hydrogens is 256 g/mol. The van der Waals surface area contributed by atoms with Gasteiger partial charge in [0, 0.05) is 30.8 Å². The smallest absolute Gasteiger partial charge is 0.123 e. The van der Waals surface area contributed by atoms with Crippen LogP contribution in [0.2, 0.25) is 0 Å². The lowest BCUT2D eigenvalue weighted by Gasteiger charge is -2.18. The van der Waals surface area contributed by atoms with Crippen LogP contribution in [0.4, 0.5) is 0 Å². The van der Waals surface area contributed by atoms with Crippen LogP contribution in [0.5, 0.6) is 5.75 Å². The van der Waals surface area contributed by atoms with E-state index in [-0.39, 0.29) is 0 Å². The molecule has 3 nitrogen and oxygen atoms in total. The average molecular weight is 278 g/mol. The number of nitrogens with zero attached hydrogens (tertiary/aromatic N) is 1. The van der Waals surface area contributed by atoms with Crippen molar-refractivity contribution in [3.63, 3.8) is 0 Å². The molecule has 0 aromatic heterocycles. The second kappa shape index (κ2) is 5.88. The number of ether oxygens (including phenoxy) is 1. The second-order valence-corrected chi connectivity index (χ2v) is 5.98. The Morgan fingerprint density at radius 2 is 2.00 bits per heavy atom. The molecule has 1 aliphatic heterocycles. The van der Waals surface area contributed by atoms with E-state index in [9.17, 15) is 0 Å². The molecular formula is C15H22N2OS. The van der Waals surface area contributed by atoms with Gasteiger partial charge in [0.2, 0.25) is 0 Å². The maximum Gasteiger partial charge on any atom is 0.123 e. The summed E-state index contributed by atoms with van der Waals surface area (Å²) in [5, 5.41) is 0. The molecule has 1 saturated heterocycles. The Morgan fingerprint density at radius 3 is 2.53 bits per heavy atom. The number of thiocarbonyl (C=S) groups is 1.